The number of rotatable bonds is 8. The zero-order chi connectivity index (χ0) is 11.3. The van der Waals surface area contributed by atoms with Crippen LogP contribution in [0.5, 0.6) is 0 Å². The van der Waals surface area contributed by atoms with E-state index in [1.807, 2.05) is 0 Å². The van der Waals surface area contributed by atoms with Crippen LogP contribution in [-0.2, 0) is 0 Å². The topological polar surface area (TPSA) is 15.3 Å². The molecule has 2 heteroatoms. The summed E-state index contributed by atoms with van der Waals surface area (Å²) in [4.78, 5) is 2.47. The van der Waals surface area contributed by atoms with E-state index >= 15 is 0 Å². The molecule has 0 radical (unpaired) electrons. The molecule has 90 valence electrons. The molecule has 0 bridgehead atoms. The van der Waals surface area contributed by atoms with Gasteiger partial charge in [-0.3, -0.25) is 0 Å². The average molecular weight is 212 g/mol. The smallest absolute Gasteiger partial charge is 0.0104 e. The van der Waals surface area contributed by atoms with Crippen molar-refractivity contribution in [2.24, 2.45) is 11.8 Å². The van der Waals surface area contributed by atoms with Gasteiger partial charge in [-0.2, -0.15) is 0 Å². The van der Waals surface area contributed by atoms with Gasteiger partial charge in [-0.15, -0.1) is 0 Å². The van der Waals surface area contributed by atoms with Crippen molar-refractivity contribution in [3.05, 3.63) is 0 Å². The Labute approximate surface area is 95.4 Å². The minimum Gasteiger partial charge on any atom is -0.313 e. The molecule has 15 heavy (non-hydrogen) atoms. The van der Waals surface area contributed by atoms with Crippen LogP contribution >= 0.6 is 0 Å². The van der Waals surface area contributed by atoms with Crippen LogP contribution in [0.3, 0.4) is 0 Å². The molecule has 1 saturated carbocycles. The molecule has 0 aromatic carbocycles. The van der Waals surface area contributed by atoms with Gasteiger partial charge in [-0.1, -0.05) is 20.3 Å². The van der Waals surface area contributed by atoms with Crippen LogP contribution in [0.2, 0.25) is 0 Å². The Kier molecular flexibility index (Phi) is 5.62. The Bertz CT molecular complexity index is 170. The SMILES string of the molecule is CCCC(C)NCCN(C)CC1CC1C. The lowest BCUT2D eigenvalue weighted by Gasteiger charge is -2.19. The quantitative estimate of drug-likeness (QED) is 0.664. The third-order valence-corrected chi connectivity index (χ3v) is 3.53. The summed E-state index contributed by atoms with van der Waals surface area (Å²) in [6, 6.07) is 0.684. The number of nitrogens with one attached hydrogen (secondary N) is 1. The van der Waals surface area contributed by atoms with Crippen molar-refractivity contribution in [3.8, 4) is 0 Å². The second-order valence-corrected chi connectivity index (χ2v) is 5.38. The molecule has 0 aliphatic heterocycles. The molecule has 1 fully saturated rings. The van der Waals surface area contributed by atoms with Gasteiger partial charge in [-0.05, 0) is 38.6 Å². The highest BCUT2D eigenvalue weighted by molar-refractivity contribution is 4.84. The molecule has 1 aliphatic rings. The molecule has 2 nitrogen and oxygen atoms in total. The van der Waals surface area contributed by atoms with Crippen LogP contribution in [0.15, 0.2) is 0 Å². The van der Waals surface area contributed by atoms with Crippen LogP contribution in [0.4, 0.5) is 0 Å². The van der Waals surface area contributed by atoms with E-state index in [0.29, 0.717) is 6.04 Å². The predicted octanol–water partition coefficient (Wildman–Crippen LogP) is 2.35. The van der Waals surface area contributed by atoms with E-state index in [4.69, 9.17) is 0 Å². The first-order valence-corrected chi connectivity index (χ1v) is 6.55. The summed E-state index contributed by atoms with van der Waals surface area (Å²) in [5.74, 6) is 1.97. The zero-order valence-corrected chi connectivity index (χ0v) is 10.9. The molecule has 0 saturated heterocycles. The van der Waals surface area contributed by atoms with Gasteiger partial charge in [0, 0.05) is 25.7 Å². The van der Waals surface area contributed by atoms with Gasteiger partial charge in [-0.25, -0.2) is 0 Å². The fraction of sp³-hybridized carbons (Fsp3) is 1.00. The number of likely N-dealkylation sites (N-methyl/N-ethyl adjacent to an activating group) is 1. The Morgan fingerprint density at radius 1 is 1.47 bits per heavy atom. The maximum Gasteiger partial charge on any atom is 0.0104 e. The Balaban J connectivity index is 1.94. The summed E-state index contributed by atoms with van der Waals surface area (Å²) < 4.78 is 0. The van der Waals surface area contributed by atoms with Gasteiger partial charge >= 0.3 is 0 Å². The largest absolute Gasteiger partial charge is 0.313 e. The fourth-order valence-electron chi connectivity index (χ4n) is 2.18. The normalized spacial score (nSPS) is 27.0. The van der Waals surface area contributed by atoms with E-state index in [1.165, 1.54) is 32.4 Å². The van der Waals surface area contributed by atoms with Crippen molar-refractivity contribution in [2.75, 3.05) is 26.7 Å². The standard InChI is InChI=1S/C13H28N2/c1-5-6-12(3)14-7-8-15(4)10-13-9-11(13)2/h11-14H,5-10H2,1-4H3. The average Bonchev–Trinajstić information content (AvgIpc) is 2.82. The van der Waals surface area contributed by atoms with Crippen LogP contribution in [0.25, 0.3) is 0 Å². The maximum atomic E-state index is 3.58. The Morgan fingerprint density at radius 2 is 2.13 bits per heavy atom. The van der Waals surface area contributed by atoms with Crippen molar-refractivity contribution in [3.63, 3.8) is 0 Å². The summed E-state index contributed by atoms with van der Waals surface area (Å²) in [6.07, 6.45) is 4.02. The van der Waals surface area contributed by atoms with Crippen molar-refractivity contribution < 1.29 is 0 Å². The van der Waals surface area contributed by atoms with Gasteiger partial charge in [0.05, 0.1) is 0 Å². The van der Waals surface area contributed by atoms with Crippen molar-refractivity contribution in [1.29, 1.82) is 0 Å². The third-order valence-electron chi connectivity index (χ3n) is 3.53. The second-order valence-electron chi connectivity index (χ2n) is 5.38. The molecule has 0 spiro atoms. The van der Waals surface area contributed by atoms with E-state index in [0.717, 1.165) is 18.4 Å². The number of hydrogen-bond donors (Lipinski definition) is 1. The van der Waals surface area contributed by atoms with E-state index in [2.05, 4.69) is 38.0 Å². The molecule has 0 aromatic rings. The third kappa shape index (κ3) is 5.53. The molecule has 3 atom stereocenters. The minimum atomic E-state index is 0.684. The maximum absolute atomic E-state index is 3.58. The van der Waals surface area contributed by atoms with Crippen LogP contribution in [0.1, 0.15) is 40.0 Å². The van der Waals surface area contributed by atoms with Gasteiger partial charge in [0.15, 0.2) is 0 Å². The number of nitrogens with zero attached hydrogens (tertiary/aromatic N) is 1. The van der Waals surface area contributed by atoms with E-state index in [-0.39, 0.29) is 0 Å². The molecule has 1 aliphatic carbocycles. The first kappa shape index (κ1) is 13.0. The van der Waals surface area contributed by atoms with Crippen LogP contribution in [0, 0.1) is 11.8 Å². The van der Waals surface area contributed by atoms with Crippen LogP contribution < -0.4 is 5.32 Å². The molecule has 0 heterocycles. The summed E-state index contributed by atoms with van der Waals surface area (Å²) in [5.41, 5.74) is 0. The highest BCUT2D eigenvalue weighted by Crippen LogP contribution is 2.37. The van der Waals surface area contributed by atoms with Crippen molar-refractivity contribution in [1.82, 2.24) is 10.2 Å². The van der Waals surface area contributed by atoms with Gasteiger partial charge in [0.25, 0.3) is 0 Å². The molecule has 0 aromatic heterocycles. The monoisotopic (exact) mass is 212 g/mol. The molecule has 1 rings (SSSR count). The zero-order valence-electron chi connectivity index (χ0n) is 10.9. The highest BCUT2D eigenvalue weighted by Gasteiger charge is 2.32. The molecular weight excluding hydrogens is 184 g/mol. The lowest BCUT2D eigenvalue weighted by Crippen LogP contribution is -2.35. The van der Waals surface area contributed by atoms with Crippen molar-refractivity contribution >= 4 is 0 Å². The number of hydrogen-bond acceptors (Lipinski definition) is 2. The molecular formula is C13H28N2. The Morgan fingerprint density at radius 3 is 2.67 bits per heavy atom. The first-order chi connectivity index (χ1) is 7.13. The van der Waals surface area contributed by atoms with Crippen molar-refractivity contribution in [2.45, 2.75) is 46.1 Å². The lowest BCUT2D eigenvalue weighted by atomic mass is 10.2. The van der Waals surface area contributed by atoms with Gasteiger partial charge in [0.1, 0.15) is 0 Å². The van der Waals surface area contributed by atoms with Crippen LogP contribution in [-0.4, -0.2) is 37.6 Å². The van der Waals surface area contributed by atoms with E-state index in [1.54, 1.807) is 0 Å². The summed E-state index contributed by atoms with van der Waals surface area (Å²) >= 11 is 0. The Hall–Kier alpha value is -0.0800. The molecule has 0 amide bonds. The first-order valence-electron chi connectivity index (χ1n) is 6.55. The molecule has 3 unspecified atom stereocenters. The highest BCUT2D eigenvalue weighted by atomic mass is 15.1. The predicted molar refractivity (Wildman–Crippen MR) is 67.1 cm³/mol. The minimum absolute atomic E-state index is 0.684. The van der Waals surface area contributed by atoms with Gasteiger partial charge < -0.3 is 10.2 Å². The van der Waals surface area contributed by atoms with Gasteiger partial charge in [0.2, 0.25) is 0 Å². The van der Waals surface area contributed by atoms with E-state index in [9.17, 15) is 0 Å². The summed E-state index contributed by atoms with van der Waals surface area (Å²) in [5, 5.41) is 3.58. The summed E-state index contributed by atoms with van der Waals surface area (Å²) in [6.45, 7) is 10.5. The van der Waals surface area contributed by atoms with E-state index < -0.39 is 0 Å². The fourth-order valence-corrected chi connectivity index (χ4v) is 2.18. The second kappa shape index (κ2) is 6.49. The molecule has 1 N–H and O–H groups in total. The lowest BCUT2D eigenvalue weighted by molar-refractivity contribution is 0.306. The summed E-state index contributed by atoms with van der Waals surface area (Å²) in [7, 11) is 2.25.